The molecule has 0 aliphatic carbocycles. The van der Waals surface area contributed by atoms with Crippen molar-refractivity contribution in [2.24, 2.45) is 5.41 Å². The molecule has 0 N–H and O–H groups in total. The summed E-state index contributed by atoms with van der Waals surface area (Å²) in [5.41, 5.74) is -0.473. The summed E-state index contributed by atoms with van der Waals surface area (Å²) in [5.74, 6) is 0. The predicted octanol–water partition coefficient (Wildman–Crippen LogP) is 1.68. The van der Waals surface area contributed by atoms with Crippen molar-refractivity contribution in [1.29, 1.82) is 5.26 Å². The smallest absolute Gasteiger partial charge is 0.264 e. The van der Waals surface area contributed by atoms with Crippen LogP contribution in [0.15, 0.2) is 0 Å². The fourth-order valence-corrected chi connectivity index (χ4v) is 1.59. The number of nitriles is 1. The van der Waals surface area contributed by atoms with Crippen molar-refractivity contribution >= 4 is 10.1 Å². The molecule has 0 saturated carbocycles. The summed E-state index contributed by atoms with van der Waals surface area (Å²) >= 11 is 0. The van der Waals surface area contributed by atoms with E-state index in [4.69, 9.17) is 5.26 Å². The average Bonchev–Trinajstić information content (AvgIpc) is 2.02. The molecule has 0 radical (unpaired) electrons. The van der Waals surface area contributed by atoms with E-state index in [1.54, 1.807) is 0 Å². The van der Waals surface area contributed by atoms with Crippen LogP contribution in [0.25, 0.3) is 0 Å². The van der Waals surface area contributed by atoms with Gasteiger partial charge in [-0.3, -0.25) is 4.18 Å². The van der Waals surface area contributed by atoms with Gasteiger partial charge in [0.1, 0.15) is 0 Å². The second-order valence-electron chi connectivity index (χ2n) is 3.70. The van der Waals surface area contributed by atoms with Gasteiger partial charge in [-0.05, 0) is 19.8 Å². The number of hydrogen-bond acceptors (Lipinski definition) is 4. The minimum atomic E-state index is -3.38. The Kier molecular flexibility index (Phi) is 5.09. The largest absolute Gasteiger partial charge is 0.270 e. The van der Waals surface area contributed by atoms with E-state index in [0.717, 1.165) is 19.1 Å². The molecule has 14 heavy (non-hydrogen) atoms. The molecule has 0 aromatic rings. The molecule has 4 nitrogen and oxygen atoms in total. The third-order valence-electron chi connectivity index (χ3n) is 2.02. The highest BCUT2D eigenvalue weighted by Gasteiger charge is 2.22. The Morgan fingerprint density at radius 1 is 1.43 bits per heavy atom. The van der Waals surface area contributed by atoms with Crippen LogP contribution in [-0.2, 0) is 14.3 Å². The van der Waals surface area contributed by atoms with Crippen LogP contribution >= 0.6 is 0 Å². The highest BCUT2D eigenvalue weighted by molar-refractivity contribution is 7.85. The normalized spacial score (nSPS) is 15.9. The van der Waals surface area contributed by atoms with Gasteiger partial charge in [-0.25, -0.2) is 0 Å². The summed E-state index contributed by atoms with van der Waals surface area (Å²) < 4.78 is 25.9. The minimum Gasteiger partial charge on any atom is -0.270 e. The van der Waals surface area contributed by atoms with E-state index in [1.165, 1.54) is 0 Å². The molecule has 0 bridgehead atoms. The molecule has 0 amide bonds. The SMILES string of the molecule is CCCC(C)(C#N)CCOS(C)(=O)=O. The van der Waals surface area contributed by atoms with Crippen molar-refractivity contribution in [3.05, 3.63) is 0 Å². The molecule has 0 aromatic heterocycles. The third kappa shape index (κ3) is 5.95. The number of rotatable bonds is 6. The van der Waals surface area contributed by atoms with Crippen LogP contribution in [0.3, 0.4) is 0 Å². The summed E-state index contributed by atoms with van der Waals surface area (Å²) in [4.78, 5) is 0. The topological polar surface area (TPSA) is 67.2 Å². The van der Waals surface area contributed by atoms with E-state index in [9.17, 15) is 8.42 Å². The van der Waals surface area contributed by atoms with Gasteiger partial charge in [-0.2, -0.15) is 13.7 Å². The molecule has 0 aliphatic rings. The van der Waals surface area contributed by atoms with Crippen molar-refractivity contribution in [2.45, 2.75) is 33.1 Å². The van der Waals surface area contributed by atoms with Crippen LogP contribution in [0.5, 0.6) is 0 Å². The third-order valence-corrected chi connectivity index (χ3v) is 2.62. The summed E-state index contributed by atoms with van der Waals surface area (Å²) in [7, 11) is -3.38. The van der Waals surface area contributed by atoms with E-state index >= 15 is 0 Å². The highest BCUT2D eigenvalue weighted by atomic mass is 32.2. The zero-order valence-corrected chi connectivity index (χ0v) is 9.73. The van der Waals surface area contributed by atoms with Crippen LogP contribution in [0, 0.1) is 16.7 Å². The Morgan fingerprint density at radius 3 is 2.36 bits per heavy atom. The van der Waals surface area contributed by atoms with Gasteiger partial charge < -0.3 is 0 Å². The fraction of sp³-hybridized carbons (Fsp3) is 0.889. The number of hydrogen-bond donors (Lipinski definition) is 0. The molecular weight excluding hydrogens is 202 g/mol. The van der Waals surface area contributed by atoms with Crippen LogP contribution in [-0.4, -0.2) is 21.3 Å². The molecule has 1 unspecified atom stereocenters. The maximum atomic E-state index is 10.7. The number of nitrogens with zero attached hydrogens (tertiary/aromatic N) is 1. The maximum Gasteiger partial charge on any atom is 0.264 e. The predicted molar refractivity (Wildman–Crippen MR) is 54.0 cm³/mol. The molecule has 0 aromatic carbocycles. The van der Waals surface area contributed by atoms with E-state index < -0.39 is 15.5 Å². The Labute approximate surface area is 86.0 Å². The van der Waals surface area contributed by atoms with Gasteiger partial charge in [-0.15, -0.1) is 0 Å². The Bertz CT molecular complexity index is 305. The van der Waals surface area contributed by atoms with Gasteiger partial charge in [0.2, 0.25) is 0 Å². The highest BCUT2D eigenvalue weighted by Crippen LogP contribution is 2.26. The standard InChI is InChI=1S/C9H17NO3S/c1-4-5-9(2,8-10)6-7-13-14(3,11)12/h4-7H2,1-3H3. The van der Waals surface area contributed by atoms with Crippen LogP contribution in [0.2, 0.25) is 0 Å². The first-order chi connectivity index (χ1) is 6.33. The second kappa shape index (κ2) is 5.32. The van der Waals surface area contributed by atoms with Crippen LogP contribution < -0.4 is 0 Å². The fourth-order valence-electron chi connectivity index (χ4n) is 1.21. The van der Waals surface area contributed by atoms with Gasteiger partial charge in [0.25, 0.3) is 10.1 Å². The van der Waals surface area contributed by atoms with Crippen LogP contribution in [0.1, 0.15) is 33.1 Å². The zero-order chi connectivity index (χ0) is 11.2. The van der Waals surface area contributed by atoms with Gasteiger partial charge in [-0.1, -0.05) is 13.3 Å². The molecule has 0 fully saturated rings. The van der Waals surface area contributed by atoms with Crippen molar-refractivity contribution in [3.63, 3.8) is 0 Å². The minimum absolute atomic E-state index is 0.0862. The molecule has 0 aliphatic heterocycles. The second-order valence-corrected chi connectivity index (χ2v) is 5.34. The summed E-state index contributed by atoms with van der Waals surface area (Å²) in [6, 6.07) is 2.19. The van der Waals surface area contributed by atoms with Gasteiger partial charge >= 0.3 is 0 Å². The van der Waals surface area contributed by atoms with E-state index in [0.29, 0.717) is 6.42 Å². The molecule has 1 atom stereocenters. The monoisotopic (exact) mass is 219 g/mol. The Morgan fingerprint density at radius 2 is 2.00 bits per heavy atom. The Balaban J connectivity index is 4.04. The molecule has 0 saturated heterocycles. The summed E-state index contributed by atoms with van der Waals surface area (Å²) in [5, 5.41) is 8.89. The van der Waals surface area contributed by atoms with Crippen molar-refractivity contribution < 1.29 is 12.6 Å². The van der Waals surface area contributed by atoms with Crippen molar-refractivity contribution in [3.8, 4) is 6.07 Å². The quantitative estimate of drug-likeness (QED) is 0.637. The lowest BCUT2D eigenvalue weighted by atomic mass is 9.84. The maximum absolute atomic E-state index is 10.7. The van der Waals surface area contributed by atoms with Gasteiger partial charge in [0, 0.05) is 0 Å². The van der Waals surface area contributed by atoms with E-state index in [2.05, 4.69) is 10.3 Å². The molecule has 0 rings (SSSR count). The average molecular weight is 219 g/mol. The van der Waals surface area contributed by atoms with E-state index in [1.807, 2.05) is 13.8 Å². The summed E-state index contributed by atoms with van der Waals surface area (Å²) in [6.07, 6.45) is 3.13. The van der Waals surface area contributed by atoms with Gasteiger partial charge in [0.15, 0.2) is 0 Å². The molecule has 5 heteroatoms. The molecule has 0 spiro atoms. The first-order valence-electron chi connectivity index (χ1n) is 4.58. The van der Waals surface area contributed by atoms with Gasteiger partial charge in [0.05, 0.1) is 24.3 Å². The first kappa shape index (κ1) is 13.4. The van der Waals surface area contributed by atoms with E-state index in [-0.39, 0.29) is 6.61 Å². The van der Waals surface area contributed by atoms with Crippen molar-refractivity contribution in [1.82, 2.24) is 0 Å². The molecule has 82 valence electrons. The lowest BCUT2D eigenvalue weighted by Gasteiger charge is -2.19. The molecule has 0 heterocycles. The summed E-state index contributed by atoms with van der Waals surface area (Å²) in [6.45, 7) is 3.90. The first-order valence-corrected chi connectivity index (χ1v) is 6.40. The molecular formula is C9H17NO3S. The zero-order valence-electron chi connectivity index (χ0n) is 8.91. The lowest BCUT2D eigenvalue weighted by molar-refractivity contribution is 0.250. The van der Waals surface area contributed by atoms with Crippen molar-refractivity contribution in [2.75, 3.05) is 12.9 Å². The lowest BCUT2D eigenvalue weighted by Crippen LogP contribution is -2.17. The Hall–Kier alpha value is -0.600. The van der Waals surface area contributed by atoms with Crippen LogP contribution in [0.4, 0.5) is 0 Å².